The first kappa shape index (κ1) is 28.1. The molecule has 0 aliphatic rings. The van der Waals surface area contributed by atoms with Crippen molar-refractivity contribution >= 4 is 0 Å². The molecule has 0 aromatic heterocycles. The van der Waals surface area contributed by atoms with E-state index < -0.39 is 0 Å². The van der Waals surface area contributed by atoms with E-state index in [0.717, 1.165) is 23.3 Å². The molecule has 2 aromatic carbocycles. The number of aliphatic hydroxyl groups is 2. The van der Waals surface area contributed by atoms with Crippen LogP contribution in [0.15, 0.2) is 48.5 Å². The smallest absolute Gasteiger partial charge is 0.119 e. The molecule has 190 valence electrons. The average molecular weight is 477 g/mol. The highest BCUT2D eigenvalue weighted by atomic mass is 16.5. The maximum absolute atomic E-state index is 9.55. The minimum atomic E-state index is -0.341. The SMILES string of the molecule is CCC(COCCO)(COCCO)COCCOc1ccc(C(C)(C)c2ccc(O)cc2)cc1. The quantitative estimate of drug-likeness (QED) is 0.301. The fraction of sp³-hybridized carbons (Fsp3) is 0.556. The summed E-state index contributed by atoms with van der Waals surface area (Å²) in [5.41, 5.74) is 1.74. The molecule has 0 unspecified atom stereocenters. The summed E-state index contributed by atoms with van der Waals surface area (Å²) >= 11 is 0. The van der Waals surface area contributed by atoms with Crippen LogP contribution in [0.5, 0.6) is 11.5 Å². The first-order valence-electron chi connectivity index (χ1n) is 11.8. The van der Waals surface area contributed by atoms with Gasteiger partial charge in [-0.05, 0) is 41.8 Å². The fourth-order valence-corrected chi connectivity index (χ4v) is 3.66. The summed E-state index contributed by atoms with van der Waals surface area (Å²) < 4.78 is 22.9. The Morgan fingerprint density at radius 3 is 1.62 bits per heavy atom. The van der Waals surface area contributed by atoms with Gasteiger partial charge in [-0.15, -0.1) is 0 Å². The van der Waals surface area contributed by atoms with Gasteiger partial charge in [0.15, 0.2) is 0 Å². The molecule has 0 spiro atoms. The largest absolute Gasteiger partial charge is 0.508 e. The van der Waals surface area contributed by atoms with Crippen LogP contribution in [-0.2, 0) is 19.6 Å². The predicted octanol–water partition coefficient (Wildman–Crippen LogP) is 3.53. The van der Waals surface area contributed by atoms with Crippen LogP contribution in [0, 0.1) is 5.41 Å². The van der Waals surface area contributed by atoms with Crippen LogP contribution in [0.1, 0.15) is 38.3 Å². The zero-order chi connectivity index (χ0) is 24.9. The first-order chi connectivity index (χ1) is 16.4. The molecule has 0 radical (unpaired) electrons. The van der Waals surface area contributed by atoms with Gasteiger partial charge < -0.3 is 34.3 Å². The van der Waals surface area contributed by atoms with Crippen LogP contribution in [0.2, 0.25) is 0 Å². The van der Waals surface area contributed by atoms with Gasteiger partial charge in [0.05, 0.1) is 52.9 Å². The summed E-state index contributed by atoms with van der Waals surface area (Å²) in [6, 6.07) is 15.3. The minimum Gasteiger partial charge on any atom is -0.508 e. The van der Waals surface area contributed by atoms with Crippen LogP contribution in [0.25, 0.3) is 0 Å². The van der Waals surface area contributed by atoms with Crippen LogP contribution in [-0.4, -0.2) is 74.8 Å². The molecular weight excluding hydrogens is 436 g/mol. The third kappa shape index (κ3) is 8.56. The van der Waals surface area contributed by atoms with E-state index in [1.54, 1.807) is 12.1 Å². The molecule has 7 nitrogen and oxygen atoms in total. The number of ether oxygens (including phenoxy) is 4. The van der Waals surface area contributed by atoms with Gasteiger partial charge >= 0.3 is 0 Å². The maximum atomic E-state index is 9.55. The third-order valence-electron chi connectivity index (χ3n) is 6.11. The second-order valence-corrected chi connectivity index (χ2v) is 9.00. The van der Waals surface area contributed by atoms with Gasteiger partial charge in [0.1, 0.15) is 18.1 Å². The van der Waals surface area contributed by atoms with Gasteiger partial charge in [-0.25, -0.2) is 0 Å². The number of hydrogen-bond donors (Lipinski definition) is 3. The molecule has 0 aliphatic carbocycles. The van der Waals surface area contributed by atoms with Crippen molar-refractivity contribution in [3.63, 3.8) is 0 Å². The number of aromatic hydroxyl groups is 1. The van der Waals surface area contributed by atoms with E-state index in [9.17, 15) is 5.11 Å². The molecule has 0 fully saturated rings. The van der Waals surface area contributed by atoms with Gasteiger partial charge in [-0.2, -0.15) is 0 Å². The molecule has 34 heavy (non-hydrogen) atoms. The topological polar surface area (TPSA) is 97.6 Å². The molecular formula is C27H40O7. The van der Waals surface area contributed by atoms with E-state index in [-0.39, 0.29) is 43.0 Å². The lowest BCUT2D eigenvalue weighted by Gasteiger charge is -2.32. The monoisotopic (exact) mass is 476 g/mol. The standard InChI is InChI=1S/C27H40O7/c1-4-27(19-31-15-13-28,20-32-16-14-29)21-33-17-18-34-25-11-7-23(8-12-25)26(2,3)22-5-9-24(30)10-6-22/h5-12,28-30H,4,13-21H2,1-3H3. The molecule has 0 saturated carbocycles. The Kier molecular flexibility index (Phi) is 11.8. The second kappa shape index (κ2) is 14.3. The van der Waals surface area contributed by atoms with Crippen molar-refractivity contribution in [1.29, 1.82) is 0 Å². The molecule has 0 bridgehead atoms. The summed E-state index contributed by atoms with van der Waals surface area (Å²) in [6.07, 6.45) is 0.781. The van der Waals surface area contributed by atoms with E-state index in [2.05, 4.69) is 26.0 Å². The molecule has 2 rings (SSSR count). The molecule has 7 heteroatoms. The lowest BCUT2D eigenvalue weighted by molar-refractivity contribution is -0.0808. The third-order valence-corrected chi connectivity index (χ3v) is 6.11. The predicted molar refractivity (Wildman–Crippen MR) is 132 cm³/mol. The Balaban J connectivity index is 1.84. The Labute approximate surface area is 203 Å². The van der Waals surface area contributed by atoms with E-state index in [0.29, 0.717) is 33.0 Å². The Hall–Kier alpha value is -2.16. The van der Waals surface area contributed by atoms with Crippen molar-refractivity contribution in [2.75, 3.05) is 59.5 Å². The van der Waals surface area contributed by atoms with Crippen molar-refractivity contribution in [2.45, 2.75) is 32.6 Å². The van der Waals surface area contributed by atoms with E-state index in [4.69, 9.17) is 29.2 Å². The van der Waals surface area contributed by atoms with E-state index >= 15 is 0 Å². The van der Waals surface area contributed by atoms with Crippen LogP contribution in [0.3, 0.4) is 0 Å². The van der Waals surface area contributed by atoms with Gasteiger partial charge in [0.2, 0.25) is 0 Å². The molecule has 0 aliphatic heterocycles. The summed E-state index contributed by atoms with van der Waals surface area (Å²) in [4.78, 5) is 0. The lowest BCUT2D eigenvalue weighted by Crippen LogP contribution is -2.38. The van der Waals surface area contributed by atoms with Gasteiger partial charge in [0.25, 0.3) is 0 Å². The normalized spacial score (nSPS) is 12.1. The fourth-order valence-electron chi connectivity index (χ4n) is 3.66. The van der Waals surface area contributed by atoms with E-state index in [1.807, 2.05) is 31.2 Å². The molecule has 0 atom stereocenters. The first-order valence-corrected chi connectivity index (χ1v) is 11.8. The summed E-state index contributed by atoms with van der Waals surface area (Å²) in [5, 5.41) is 27.5. The highest BCUT2D eigenvalue weighted by molar-refractivity contribution is 5.41. The number of aliphatic hydroxyl groups excluding tert-OH is 2. The number of hydrogen-bond acceptors (Lipinski definition) is 7. The van der Waals surface area contributed by atoms with Crippen molar-refractivity contribution in [1.82, 2.24) is 0 Å². The second-order valence-electron chi connectivity index (χ2n) is 9.00. The molecule has 3 N–H and O–H groups in total. The summed E-state index contributed by atoms with van der Waals surface area (Å²) in [5.74, 6) is 1.03. The molecule has 2 aromatic rings. The highest BCUT2D eigenvalue weighted by Gasteiger charge is 2.30. The Bertz CT molecular complexity index is 793. The summed E-state index contributed by atoms with van der Waals surface area (Å²) in [7, 11) is 0. The van der Waals surface area contributed by atoms with Crippen LogP contribution in [0.4, 0.5) is 0 Å². The molecule has 0 amide bonds. The van der Waals surface area contributed by atoms with Crippen molar-refractivity contribution < 1.29 is 34.3 Å². The zero-order valence-electron chi connectivity index (χ0n) is 20.7. The minimum absolute atomic E-state index is 0.0309. The maximum Gasteiger partial charge on any atom is 0.119 e. The highest BCUT2D eigenvalue weighted by Crippen LogP contribution is 2.33. The lowest BCUT2D eigenvalue weighted by atomic mass is 9.78. The van der Waals surface area contributed by atoms with Crippen molar-refractivity contribution in [2.24, 2.45) is 5.41 Å². The number of phenols is 1. The van der Waals surface area contributed by atoms with Crippen molar-refractivity contribution in [3.8, 4) is 11.5 Å². The Morgan fingerprint density at radius 1 is 0.676 bits per heavy atom. The molecule has 0 saturated heterocycles. The number of rotatable bonds is 17. The summed E-state index contributed by atoms with van der Waals surface area (Å²) in [6.45, 7) is 8.91. The molecule has 0 heterocycles. The van der Waals surface area contributed by atoms with Crippen LogP contribution < -0.4 is 4.74 Å². The van der Waals surface area contributed by atoms with Crippen LogP contribution >= 0.6 is 0 Å². The zero-order valence-corrected chi connectivity index (χ0v) is 20.7. The Morgan fingerprint density at radius 2 is 1.15 bits per heavy atom. The van der Waals surface area contributed by atoms with Gasteiger partial charge in [-0.1, -0.05) is 45.0 Å². The number of phenolic OH excluding ortho intramolecular Hbond substituents is 1. The average Bonchev–Trinajstić information content (AvgIpc) is 2.84. The van der Waals surface area contributed by atoms with Crippen molar-refractivity contribution in [3.05, 3.63) is 59.7 Å². The van der Waals surface area contributed by atoms with Gasteiger partial charge in [0, 0.05) is 10.8 Å². The van der Waals surface area contributed by atoms with Gasteiger partial charge in [-0.3, -0.25) is 0 Å². The van der Waals surface area contributed by atoms with E-state index in [1.165, 1.54) is 0 Å². The number of benzene rings is 2.